The quantitative estimate of drug-likeness (QED) is 0.598. The average Bonchev–Trinajstić information content (AvgIpc) is 3.18. The number of aliphatic hydroxyl groups is 1. The van der Waals surface area contributed by atoms with Crippen molar-refractivity contribution in [2.24, 2.45) is 22.7 Å². The molecule has 5 rings (SSSR count). The van der Waals surface area contributed by atoms with Crippen molar-refractivity contribution in [2.45, 2.75) is 76.7 Å². The summed E-state index contributed by atoms with van der Waals surface area (Å²) in [4.78, 5) is 11.4. The lowest BCUT2D eigenvalue weighted by Crippen LogP contribution is -2.61. The van der Waals surface area contributed by atoms with Gasteiger partial charge in [0.1, 0.15) is 6.61 Å². The number of carbonyl (C=O) groups excluding carboxylic acids is 1. The number of esters is 1. The molecule has 150 valence electrons. The Morgan fingerprint density at radius 2 is 2.15 bits per heavy atom. The van der Waals surface area contributed by atoms with Crippen LogP contribution in [0.5, 0.6) is 0 Å². The second kappa shape index (κ2) is 5.78. The normalized spacial score (nSPS) is 53.3. The summed E-state index contributed by atoms with van der Waals surface area (Å²) >= 11 is 0. The third kappa shape index (κ3) is 2.13. The van der Waals surface area contributed by atoms with Crippen molar-refractivity contribution in [2.75, 3.05) is 13.7 Å². The number of hydrogen-bond donors (Lipinski definition) is 1. The first-order valence-corrected chi connectivity index (χ1v) is 10.3. The molecule has 1 N–H and O–H groups in total. The molecule has 2 saturated carbocycles. The predicted molar refractivity (Wildman–Crippen MR) is 95.4 cm³/mol. The summed E-state index contributed by atoms with van der Waals surface area (Å²) < 4.78 is 22.9. The Morgan fingerprint density at radius 1 is 1.33 bits per heavy atom. The van der Waals surface area contributed by atoms with Crippen LogP contribution in [0.4, 0.5) is 0 Å². The van der Waals surface area contributed by atoms with Crippen LogP contribution in [0.15, 0.2) is 11.6 Å². The molecule has 27 heavy (non-hydrogen) atoms. The zero-order valence-electron chi connectivity index (χ0n) is 16.4. The third-order valence-corrected chi connectivity index (χ3v) is 8.70. The highest BCUT2D eigenvalue weighted by Gasteiger charge is 2.85. The van der Waals surface area contributed by atoms with Gasteiger partial charge in [-0.2, -0.15) is 0 Å². The van der Waals surface area contributed by atoms with Gasteiger partial charge in [0.05, 0.1) is 11.5 Å². The van der Waals surface area contributed by atoms with Gasteiger partial charge in [-0.05, 0) is 61.3 Å². The molecule has 5 aliphatic rings. The highest BCUT2D eigenvalue weighted by molar-refractivity contribution is 5.85. The maximum absolute atomic E-state index is 11.4. The van der Waals surface area contributed by atoms with Crippen molar-refractivity contribution < 1.29 is 28.8 Å². The minimum Gasteiger partial charge on any atom is -0.458 e. The lowest BCUT2D eigenvalue weighted by Gasteiger charge is -2.59. The summed E-state index contributed by atoms with van der Waals surface area (Å²) in [7, 11) is 1.64. The third-order valence-electron chi connectivity index (χ3n) is 8.70. The fraction of sp³-hybridized carbons (Fsp3) is 0.857. The Labute approximate surface area is 160 Å². The molecule has 0 radical (unpaired) electrons. The number of methoxy groups -OCH3 is 1. The summed E-state index contributed by atoms with van der Waals surface area (Å²) in [6, 6.07) is 0. The molecule has 0 aromatic carbocycles. The molecule has 6 nitrogen and oxygen atoms in total. The van der Waals surface area contributed by atoms with Crippen molar-refractivity contribution in [3.05, 3.63) is 11.6 Å². The fourth-order valence-corrected chi connectivity index (χ4v) is 7.04. The van der Waals surface area contributed by atoms with Crippen LogP contribution >= 0.6 is 0 Å². The predicted octanol–water partition coefficient (Wildman–Crippen LogP) is 2.54. The van der Waals surface area contributed by atoms with Crippen LogP contribution in [0, 0.1) is 22.7 Å². The van der Waals surface area contributed by atoms with E-state index < -0.39 is 23.6 Å². The molecule has 3 aliphatic heterocycles. The van der Waals surface area contributed by atoms with Crippen molar-refractivity contribution in [3.63, 3.8) is 0 Å². The van der Waals surface area contributed by atoms with Gasteiger partial charge in [-0.25, -0.2) is 4.79 Å². The molecule has 8 atom stereocenters. The van der Waals surface area contributed by atoms with Crippen molar-refractivity contribution in [1.82, 2.24) is 0 Å². The van der Waals surface area contributed by atoms with E-state index in [1.54, 1.807) is 13.2 Å². The standard InChI is InChI=1S/C21H30O6/c1-12-6-9-20-14(19(12,2)8-7-13-10-16(22)25-11-13)4-5-15-21(20,27-15)18(24-3)26-17(20)23/h10,12,14-15,17-18,23H,4-9,11H2,1-3H3/t12-,14-,15-,17?,18?,19+,20+,21+/m0/s1. The first kappa shape index (κ1) is 18.1. The molecule has 3 heterocycles. The monoisotopic (exact) mass is 378 g/mol. The number of cyclic esters (lactones) is 1. The van der Waals surface area contributed by atoms with Gasteiger partial charge in [-0.15, -0.1) is 0 Å². The number of rotatable bonds is 4. The number of epoxide rings is 1. The van der Waals surface area contributed by atoms with E-state index in [1.165, 1.54) is 0 Å². The topological polar surface area (TPSA) is 77.5 Å². The number of aliphatic hydroxyl groups excluding tert-OH is 1. The van der Waals surface area contributed by atoms with Gasteiger partial charge in [0.2, 0.25) is 0 Å². The van der Waals surface area contributed by atoms with Crippen LogP contribution in [0.3, 0.4) is 0 Å². The molecule has 0 bridgehead atoms. The maximum Gasteiger partial charge on any atom is 0.331 e. The Morgan fingerprint density at radius 3 is 2.85 bits per heavy atom. The number of carbonyl (C=O) groups is 1. The van der Waals surface area contributed by atoms with Gasteiger partial charge in [0.25, 0.3) is 0 Å². The van der Waals surface area contributed by atoms with Crippen molar-refractivity contribution >= 4 is 5.97 Å². The molecule has 2 spiro atoms. The largest absolute Gasteiger partial charge is 0.458 e. The molecular formula is C21H30O6. The van der Waals surface area contributed by atoms with E-state index in [1.807, 2.05) is 0 Å². The second-order valence-electron chi connectivity index (χ2n) is 9.48. The van der Waals surface area contributed by atoms with Crippen LogP contribution in [0.1, 0.15) is 52.4 Å². The van der Waals surface area contributed by atoms with E-state index in [4.69, 9.17) is 18.9 Å². The highest BCUT2D eigenvalue weighted by atomic mass is 16.8. The first-order chi connectivity index (χ1) is 12.9. The van der Waals surface area contributed by atoms with Gasteiger partial charge in [0.15, 0.2) is 18.2 Å². The Kier molecular flexibility index (Phi) is 3.88. The molecule has 0 aromatic rings. The van der Waals surface area contributed by atoms with Gasteiger partial charge < -0.3 is 24.1 Å². The highest BCUT2D eigenvalue weighted by Crippen LogP contribution is 2.75. The molecule has 2 aliphatic carbocycles. The number of ether oxygens (including phenoxy) is 4. The Balaban J connectivity index is 1.48. The lowest BCUT2D eigenvalue weighted by atomic mass is 9.44. The van der Waals surface area contributed by atoms with Crippen molar-refractivity contribution in [3.8, 4) is 0 Å². The van der Waals surface area contributed by atoms with Crippen LogP contribution in [-0.2, 0) is 23.7 Å². The Hall–Kier alpha value is -0.950. The minimum atomic E-state index is -0.847. The Bertz CT molecular complexity index is 690. The van der Waals surface area contributed by atoms with Crippen LogP contribution in [-0.4, -0.2) is 49.1 Å². The minimum absolute atomic E-state index is 0.0433. The SMILES string of the molecule is COC1OC(O)[C@@]23CC[C@H](C)[C@@](C)(CCC4=CC(=O)OC4)[C@@H]2CC[C@@H]2O[C@@]123. The van der Waals surface area contributed by atoms with E-state index in [0.717, 1.165) is 44.1 Å². The fourth-order valence-electron chi connectivity index (χ4n) is 7.04. The molecule has 0 amide bonds. The zero-order chi connectivity index (χ0) is 19.0. The van der Waals surface area contributed by atoms with Gasteiger partial charge >= 0.3 is 5.97 Å². The second-order valence-corrected chi connectivity index (χ2v) is 9.48. The average molecular weight is 378 g/mol. The van der Waals surface area contributed by atoms with E-state index in [9.17, 15) is 9.90 Å². The van der Waals surface area contributed by atoms with E-state index in [2.05, 4.69) is 13.8 Å². The zero-order valence-corrected chi connectivity index (χ0v) is 16.4. The van der Waals surface area contributed by atoms with E-state index >= 15 is 0 Å². The molecule has 2 unspecified atom stereocenters. The van der Waals surface area contributed by atoms with Crippen LogP contribution in [0.25, 0.3) is 0 Å². The van der Waals surface area contributed by atoms with Crippen LogP contribution in [0.2, 0.25) is 0 Å². The van der Waals surface area contributed by atoms with Crippen molar-refractivity contribution in [1.29, 1.82) is 0 Å². The summed E-state index contributed by atoms with van der Waals surface area (Å²) in [6.07, 6.45) is 6.28. The maximum atomic E-state index is 11.4. The molecule has 4 fully saturated rings. The number of hydrogen-bond acceptors (Lipinski definition) is 6. The smallest absolute Gasteiger partial charge is 0.331 e. The lowest BCUT2D eigenvalue weighted by molar-refractivity contribution is -0.216. The summed E-state index contributed by atoms with van der Waals surface area (Å²) in [6.45, 7) is 5.12. The summed E-state index contributed by atoms with van der Waals surface area (Å²) in [5, 5.41) is 11.1. The first-order valence-electron chi connectivity index (χ1n) is 10.3. The summed E-state index contributed by atoms with van der Waals surface area (Å²) in [5.74, 6) is 0.617. The molecule has 6 heteroatoms. The van der Waals surface area contributed by atoms with E-state index in [-0.39, 0.29) is 17.5 Å². The molecule has 2 saturated heterocycles. The molecule has 0 aromatic heterocycles. The van der Waals surface area contributed by atoms with Crippen LogP contribution < -0.4 is 0 Å². The summed E-state index contributed by atoms with van der Waals surface area (Å²) in [5.41, 5.74) is 0.240. The van der Waals surface area contributed by atoms with Gasteiger partial charge in [0, 0.05) is 13.2 Å². The van der Waals surface area contributed by atoms with E-state index in [0.29, 0.717) is 18.4 Å². The van der Waals surface area contributed by atoms with Gasteiger partial charge in [-0.1, -0.05) is 13.8 Å². The van der Waals surface area contributed by atoms with Gasteiger partial charge in [-0.3, -0.25) is 0 Å². The molecular weight excluding hydrogens is 348 g/mol.